The number of sulfone groups is 1. The number of hydrogen-bond acceptors (Lipinski definition) is 5. The van der Waals surface area contributed by atoms with Crippen molar-refractivity contribution in [1.29, 1.82) is 0 Å². The van der Waals surface area contributed by atoms with Gasteiger partial charge in [-0.2, -0.15) is 0 Å². The molecule has 0 aromatic rings. The zero-order valence-corrected chi connectivity index (χ0v) is 10.5. The second-order valence-electron chi connectivity index (χ2n) is 3.43. The van der Waals surface area contributed by atoms with Crippen molar-refractivity contribution in [2.45, 2.75) is 12.8 Å². The van der Waals surface area contributed by atoms with E-state index < -0.39 is 27.5 Å². The lowest BCUT2D eigenvalue weighted by Gasteiger charge is -2.05. The molecule has 7 nitrogen and oxygen atoms in total. The third kappa shape index (κ3) is 9.76. The van der Waals surface area contributed by atoms with Crippen LogP contribution in [0.3, 0.4) is 0 Å². The summed E-state index contributed by atoms with van der Waals surface area (Å²) >= 11 is 0. The summed E-state index contributed by atoms with van der Waals surface area (Å²) in [6.45, 7) is 0.560. The van der Waals surface area contributed by atoms with E-state index in [0.29, 0.717) is 6.61 Å². The molecule has 0 aliphatic heterocycles. The number of amides is 1. The van der Waals surface area contributed by atoms with Crippen LogP contribution in [0.1, 0.15) is 12.8 Å². The number of carbonyl (C=O) groups excluding carboxylic acids is 1. The summed E-state index contributed by atoms with van der Waals surface area (Å²) in [5.74, 6) is -2.56. The van der Waals surface area contributed by atoms with Crippen molar-refractivity contribution in [3.05, 3.63) is 0 Å². The molecule has 0 radical (unpaired) electrons. The molecule has 17 heavy (non-hydrogen) atoms. The highest BCUT2D eigenvalue weighted by molar-refractivity contribution is 7.92. The van der Waals surface area contributed by atoms with Crippen molar-refractivity contribution in [2.75, 3.05) is 31.8 Å². The summed E-state index contributed by atoms with van der Waals surface area (Å²) in [5, 5.41) is 10.7. The number of methoxy groups -OCH3 is 1. The largest absolute Gasteiger partial charge is 0.481 e. The number of ether oxygens (including phenoxy) is 1. The average Bonchev–Trinajstić information content (AvgIpc) is 2.16. The molecule has 0 aliphatic rings. The number of carbonyl (C=O) groups is 2. The van der Waals surface area contributed by atoms with Crippen LogP contribution in [0.5, 0.6) is 0 Å². The number of rotatable bonds is 9. The van der Waals surface area contributed by atoms with Gasteiger partial charge in [0.15, 0.2) is 9.84 Å². The average molecular weight is 267 g/mol. The van der Waals surface area contributed by atoms with Crippen LogP contribution in [0.25, 0.3) is 0 Å². The Balaban J connectivity index is 3.91. The molecule has 8 heteroatoms. The second kappa shape index (κ2) is 8.02. The van der Waals surface area contributed by atoms with E-state index in [9.17, 15) is 18.0 Å². The van der Waals surface area contributed by atoms with E-state index in [1.54, 1.807) is 0 Å². The van der Waals surface area contributed by atoms with E-state index in [1.165, 1.54) is 7.11 Å². The van der Waals surface area contributed by atoms with E-state index in [0.717, 1.165) is 0 Å². The topological polar surface area (TPSA) is 110 Å². The molecule has 0 heterocycles. The van der Waals surface area contributed by atoms with Crippen LogP contribution < -0.4 is 5.32 Å². The molecule has 0 spiro atoms. The van der Waals surface area contributed by atoms with Gasteiger partial charge in [-0.05, 0) is 6.42 Å². The summed E-state index contributed by atoms with van der Waals surface area (Å²) in [7, 11) is -2.06. The Labute approximate surface area is 100 Å². The molecule has 100 valence electrons. The van der Waals surface area contributed by atoms with E-state index in [-0.39, 0.29) is 25.1 Å². The second-order valence-corrected chi connectivity index (χ2v) is 5.62. The minimum absolute atomic E-state index is 0.0169. The van der Waals surface area contributed by atoms with E-state index in [2.05, 4.69) is 10.1 Å². The maximum absolute atomic E-state index is 11.4. The van der Waals surface area contributed by atoms with Gasteiger partial charge in [0.2, 0.25) is 5.91 Å². The molecule has 0 saturated heterocycles. The highest BCUT2D eigenvalue weighted by Gasteiger charge is 2.16. The van der Waals surface area contributed by atoms with Crippen molar-refractivity contribution >= 4 is 21.7 Å². The maximum atomic E-state index is 11.4. The molecule has 0 fully saturated rings. The Kier molecular flexibility index (Phi) is 7.47. The third-order valence-corrected chi connectivity index (χ3v) is 3.44. The van der Waals surface area contributed by atoms with Crippen LogP contribution in [0.4, 0.5) is 0 Å². The molecule has 0 atom stereocenters. The predicted molar refractivity (Wildman–Crippen MR) is 60.4 cm³/mol. The first-order chi connectivity index (χ1) is 7.87. The smallest absolute Gasteiger partial charge is 0.303 e. The van der Waals surface area contributed by atoms with Gasteiger partial charge < -0.3 is 15.2 Å². The fraction of sp³-hybridized carbons (Fsp3) is 0.778. The zero-order valence-electron chi connectivity index (χ0n) is 9.64. The van der Waals surface area contributed by atoms with Crippen LogP contribution in [-0.2, 0) is 24.2 Å². The molecular formula is C9H17NO6S. The first-order valence-corrected chi connectivity index (χ1v) is 6.87. The lowest BCUT2D eigenvalue weighted by atomic mass is 10.3. The van der Waals surface area contributed by atoms with Crippen molar-refractivity contribution in [2.24, 2.45) is 0 Å². The van der Waals surface area contributed by atoms with Crippen molar-refractivity contribution < 1.29 is 27.9 Å². The number of carboxylic acids is 1. The lowest BCUT2D eigenvalue weighted by molar-refractivity contribution is -0.137. The fourth-order valence-corrected chi connectivity index (χ4v) is 2.29. The Hall–Kier alpha value is -1.15. The summed E-state index contributed by atoms with van der Waals surface area (Å²) in [5.41, 5.74) is 0. The highest BCUT2D eigenvalue weighted by Crippen LogP contribution is 1.97. The van der Waals surface area contributed by atoms with Gasteiger partial charge in [0.25, 0.3) is 0 Å². The summed E-state index contributed by atoms with van der Waals surface area (Å²) in [4.78, 5) is 21.4. The quantitative estimate of drug-likeness (QED) is 0.520. The molecule has 2 N–H and O–H groups in total. The van der Waals surface area contributed by atoms with Gasteiger partial charge in [0.05, 0.1) is 12.4 Å². The zero-order chi connectivity index (χ0) is 13.3. The molecular weight excluding hydrogens is 250 g/mol. The van der Waals surface area contributed by atoms with E-state index in [1.807, 2.05) is 0 Å². The molecule has 0 aliphatic carbocycles. The van der Waals surface area contributed by atoms with E-state index in [4.69, 9.17) is 5.11 Å². The van der Waals surface area contributed by atoms with Crippen LogP contribution in [0.2, 0.25) is 0 Å². The first kappa shape index (κ1) is 15.9. The molecule has 0 aromatic carbocycles. The molecule has 0 aromatic heterocycles. The SMILES string of the molecule is COCCNC(=O)CS(=O)(=O)CCCC(=O)O. The van der Waals surface area contributed by atoms with Gasteiger partial charge >= 0.3 is 5.97 Å². The molecule has 0 unspecified atom stereocenters. The van der Waals surface area contributed by atoms with Gasteiger partial charge in [-0.1, -0.05) is 0 Å². The van der Waals surface area contributed by atoms with Crippen molar-refractivity contribution in [3.8, 4) is 0 Å². The minimum atomic E-state index is -3.53. The van der Waals surface area contributed by atoms with Crippen molar-refractivity contribution in [1.82, 2.24) is 5.32 Å². The number of hydrogen-bond donors (Lipinski definition) is 2. The van der Waals surface area contributed by atoms with Gasteiger partial charge in [-0.3, -0.25) is 9.59 Å². The van der Waals surface area contributed by atoms with Crippen LogP contribution in [-0.4, -0.2) is 57.2 Å². The first-order valence-electron chi connectivity index (χ1n) is 5.05. The van der Waals surface area contributed by atoms with Gasteiger partial charge in [0, 0.05) is 20.1 Å². The fourth-order valence-electron chi connectivity index (χ4n) is 1.06. The van der Waals surface area contributed by atoms with Gasteiger partial charge in [-0.15, -0.1) is 0 Å². The number of nitrogens with one attached hydrogen (secondary N) is 1. The molecule has 0 saturated carbocycles. The van der Waals surface area contributed by atoms with Crippen molar-refractivity contribution in [3.63, 3.8) is 0 Å². The Morgan fingerprint density at radius 2 is 2.00 bits per heavy atom. The number of aliphatic carboxylic acids is 1. The molecule has 1 amide bonds. The van der Waals surface area contributed by atoms with Crippen LogP contribution >= 0.6 is 0 Å². The third-order valence-electron chi connectivity index (χ3n) is 1.83. The standard InChI is InChI=1S/C9H17NO6S/c1-16-5-4-10-8(11)7-17(14,15)6-2-3-9(12)13/h2-7H2,1H3,(H,10,11)(H,12,13). The number of carboxylic acid groups (broad SMARTS) is 1. The molecule has 0 bridgehead atoms. The minimum Gasteiger partial charge on any atom is -0.481 e. The lowest BCUT2D eigenvalue weighted by Crippen LogP contribution is -2.33. The van der Waals surface area contributed by atoms with Crippen LogP contribution in [0.15, 0.2) is 0 Å². The molecule has 0 rings (SSSR count). The van der Waals surface area contributed by atoms with E-state index >= 15 is 0 Å². The Morgan fingerprint density at radius 3 is 2.53 bits per heavy atom. The highest BCUT2D eigenvalue weighted by atomic mass is 32.2. The Morgan fingerprint density at radius 1 is 1.35 bits per heavy atom. The maximum Gasteiger partial charge on any atom is 0.303 e. The normalized spacial score (nSPS) is 11.1. The summed E-state index contributed by atoms with van der Waals surface area (Å²) in [6, 6.07) is 0. The Bertz CT molecular complexity index is 350. The summed E-state index contributed by atoms with van der Waals surface area (Å²) in [6.07, 6.45) is -0.201. The van der Waals surface area contributed by atoms with Crippen LogP contribution in [0, 0.1) is 0 Å². The monoisotopic (exact) mass is 267 g/mol. The predicted octanol–water partition coefficient (Wildman–Crippen LogP) is -0.971. The van der Waals surface area contributed by atoms with Gasteiger partial charge in [0.1, 0.15) is 5.75 Å². The summed E-state index contributed by atoms with van der Waals surface area (Å²) < 4.78 is 27.4. The van der Waals surface area contributed by atoms with Gasteiger partial charge in [-0.25, -0.2) is 8.42 Å².